The lowest BCUT2D eigenvalue weighted by molar-refractivity contribution is 0.0665. The zero-order valence-corrected chi connectivity index (χ0v) is 24.9. The van der Waals surface area contributed by atoms with Crippen LogP contribution >= 0.6 is 11.6 Å². The molecule has 3 aromatic rings. The van der Waals surface area contributed by atoms with Crippen LogP contribution in [0.1, 0.15) is 49.6 Å². The van der Waals surface area contributed by atoms with E-state index >= 15 is 0 Å². The molecule has 1 aromatic heterocycles. The molecule has 7 N–H and O–H groups in total. The van der Waals surface area contributed by atoms with Gasteiger partial charge in [-0.15, -0.1) is 0 Å². The van der Waals surface area contributed by atoms with Gasteiger partial charge in [0.15, 0.2) is 34.2 Å². The van der Waals surface area contributed by atoms with E-state index in [1.165, 1.54) is 0 Å². The zero-order valence-electron chi connectivity index (χ0n) is 24.2. The number of ketones is 1. The summed E-state index contributed by atoms with van der Waals surface area (Å²) in [5.41, 5.74) is 13.0. The number of piperidine rings is 1. The number of aliphatic imine (C=N–C) groups is 1. The fourth-order valence-corrected chi connectivity index (χ4v) is 5.86. The molecule has 3 fully saturated rings. The van der Waals surface area contributed by atoms with Gasteiger partial charge in [-0.05, 0) is 36.6 Å². The minimum absolute atomic E-state index is 0.0805. The van der Waals surface area contributed by atoms with E-state index in [0.29, 0.717) is 56.7 Å². The van der Waals surface area contributed by atoms with Crippen LogP contribution in [-0.4, -0.2) is 82.7 Å². The molecule has 232 valence electrons. The minimum atomic E-state index is -0.724. The molecule has 0 aliphatic carbocycles. The monoisotopic (exact) mass is 630 g/mol. The average molecular weight is 631 g/mol. The van der Waals surface area contributed by atoms with Gasteiger partial charge in [-0.3, -0.25) is 19.3 Å². The van der Waals surface area contributed by atoms with Gasteiger partial charge in [0.25, 0.3) is 5.91 Å². The first-order valence-corrected chi connectivity index (χ1v) is 14.8. The highest BCUT2D eigenvalue weighted by Gasteiger charge is 2.41. The standard InChI is InChI=1S/C30H31ClN10O4/c31-23-25(33)37-24(32)22(36-23)26(43)38-28-35-16-30(39-28)9-12-40(13-10-30)27(44)20-4-2-1-3-19(20)21(42)15-17-5-7-18(8-6-17)41-14-11-34-29(41)45/h1-8H,9-16H2,(H,34,45)(H4,32,33,37)(H2,35,38,39,43). The number of halogens is 1. The number of nitrogens with two attached hydrogens (primary N) is 2. The van der Waals surface area contributed by atoms with Gasteiger partial charge < -0.3 is 32.3 Å². The number of nitrogens with one attached hydrogen (secondary N) is 3. The van der Waals surface area contributed by atoms with Gasteiger partial charge in [-0.2, -0.15) is 4.99 Å². The van der Waals surface area contributed by atoms with Crippen molar-refractivity contribution in [3.8, 4) is 0 Å². The molecule has 0 unspecified atom stereocenters. The highest BCUT2D eigenvalue weighted by atomic mass is 35.5. The number of guanidine groups is 1. The van der Waals surface area contributed by atoms with Crippen LogP contribution in [0.15, 0.2) is 53.5 Å². The van der Waals surface area contributed by atoms with Crippen LogP contribution in [0.25, 0.3) is 0 Å². The van der Waals surface area contributed by atoms with Gasteiger partial charge in [0.05, 0.1) is 11.1 Å². The largest absolute Gasteiger partial charge is 0.382 e. The predicted octanol–water partition coefficient (Wildman–Crippen LogP) is 1.61. The first-order chi connectivity index (χ1) is 21.6. The maximum Gasteiger partial charge on any atom is 0.321 e. The first-order valence-electron chi connectivity index (χ1n) is 14.4. The topological polar surface area (TPSA) is 201 Å². The van der Waals surface area contributed by atoms with E-state index in [2.05, 4.69) is 30.9 Å². The molecule has 3 aliphatic rings. The molecule has 6 rings (SSSR count). The Balaban J connectivity index is 1.08. The predicted molar refractivity (Wildman–Crippen MR) is 168 cm³/mol. The number of urea groups is 1. The molecule has 3 aliphatic heterocycles. The van der Waals surface area contributed by atoms with Crippen molar-refractivity contribution < 1.29 is 19.2 Å². The summed E-state index contributed by atoms with van der Waals surface area (Å²) >= 11 is 5.89. The van der Waals surface area contributed by atoms with Gasteiger partial charge in [0.1, 0.15) is 0 Å². The molecule has 0 bridgehead atoms. The van der Waals surface area contributed by atoms with Crippen LogP contribution in [0.2, 0.25) is 5.15 Å². The number of Topliss-reactive ketones (excluding diaryl/α,β-unsaturated/α-hetero) is 1. The first kappa shape index (κ1) is 29.8. The lowest BCUT2D eigenvalue weighted by atomic mass is 9.88. The Kier molecular flexibility index (Phi) is 7.97. The van der Waals surface area contributed by atoms with Crippen molar-refractivity contribution in [2.24, 2.45) is 4.99 Å². The van der Waals surface area contributed by atoms with E-state index in [1.807, 2.05) is 24.3 Å². The molecular weight excluding hydrogens is 600 g/mol. The molecule has 0 atom stereocenters. The Bertz CT molecular complexity index is 1720. The minimum Gasteiger partial charge on any atom is -0.382 e. The smallest absolute Gasteiger partial charge is 0.321 e. The van der Waals surface area contributed by atoms with Crippen LogP contribution < -0.4 is 32.3 Å². The number of likely N-dealkylation sites (tertiary alicyclic amines) is 1. The molecule has 3 saturated heterocycles. The van der Waals surface area contributed by atoms with Crippen molar-refractivity contribution in [3.05, 3.63) is 76.1 Å². The van der Waals surface area contributed by atoms with Gasteiger partial charge in [0, 0.05) is 50.4 Å². The van der Waals surface area contributed by atoms with E-state index in [9.17, 15) is 19.2 Å². The molecule has 4 heterocycles. The van der Waals surface area contributed by atoms with E-state index in [1.54, 1.807) is 34.1 Å². The van der Waals surface area contributed by atoms with Gasteiger partial charge in [0.2, 0.25) is 0 Å². The number of benzene rings is 2. The summed E-state index contributed by atoms with van der Waals surface area (Å²) in [5.74, 6) is -1.09. The molecular formula is C30H31ClN10O4. The number of anilines is 3. The molecule has 0 radical (unpaired) electrons. The zero-order chi connectivity index (χ0) is 31.7. The highest BCUT2D eigenvalue weighted by molar-refractivity contribution is 6.31. The van der Waals surface area contributed by atoms with E-state index in [-0.39, 0.29) is 52.6 Å². The average Bonchev–Trinajstić information content (AvgIpc) is 3.64. The Morgan fingerprint density at radius 2 is 1.64 bits per heavy atom. The Hall–Kier alpha value is -5.24. The number of rotatable bonds is 6. The summed E-state index contributed by atoms with van der Waals surface area (Å²) in [5, 5.41) is 9.03. The number of nitrogen functional groups attached to an aromatic ring is 2. The Morgan fingerprint density at radius 1 is 0.933 bits per heavy atom. The van der Waals surface area contributed by atoms with Gasteiger partial charge in [-0.1, -0.05) is 41.9 Å². The molecule has 2 aromatic carbocycles. The van der Waals surface area contributed by atoms with Crippen molar-refractivity contribution in [1.29, 1.82) is 0 Å². The Labute approximate surface area is 263 Å². The molecule has 15 heteroatoms. The van der Waals surface area contributed by atoms with Crippen LogP contribution in [0.3, 0.4) is 0 Å². The summed E-state index contributed by atoms with van der Waals surface area (Å²) in [7, 11) is 0. The summed E-state index contributed by atoms with van der Waals surface area (Å²) in [6, 6.07) is 14.0. The number of hydrogen-bond donors (Lipinski definition) is 5. The molecule has 45 heavy (non-hydrogen) atoms. The van der Waals surface area contributed by atoms with Crippen molar-refractivity contribution in [2.45, 2.75) is 24.8 Å². The number of carbonyl (C=O) groups excluding carboxylic acids is 4. The van der Waals surface area contributed by atoms with Crippen molar-refractivity contribution >= 4 is 58.5 Å². The lowest BCUT2D eigenvalue weighted by Crippen LogP contribution is -2.53. The summed E-state index contributed by atoms with van der Waals surface area (Å²) in [6.07, 6.45) is 1.30. The van der Waals surface area contributed by atoms with Crippen molar-refractivity contribution in [3.63, 3.8) is 0 Å². The third-order valence-corrected chi connectivity index (χ3v) is 8.51. The SMILES string of the molecule is Nc1nc(N)c(C(=O)/N=C2\NCC3(CCN(C(=O)c4ccccc4C(=O)Cc4ccc(N5CCNC5=O)cc4)CC3)N2)nc1Cl. The van der Waals surface area contributed by atoms with E-state index < -0.39 is 11.4 Å². The fraction of sp³-hybridized carbons (Fsp3) is 0.300. The summed E-state index contributed by atoms with van der Waals surface area (Å²) in [4.78, 5) is 66.8. The summed E-state index contributed by atoms with van der Waals surface area (Å²) in [6.45, 7) is 2.57. The van der Waals surface area contributed by atoms with Crippen molar-refractivity contribution in [2.75, 3.05) is 49.1 Å². The summed E-state index contributed by atoms with van der Waals surface area (Å²) < 4.78 is 0. The number of amides is 4. The van der Waals surface area contributed by atoms with Crippen LogP contribution in [0.5, 0.6) is 0 Å². The molecule has 1 spiro atoms. The number of hydrogen-bond acceptors (Lipinski definition) is 8. The van der Waals surface area contributed by atoms with Gasteiger partial charge in [-0.25, -0.2) is 14.8 Å². The fourth-order valence-electron chi connectivity index (χ4n) is 5.73. The molecule has 0 saturated carbocycles. The number of carbonyl (C=O) groups is 4. The lowest BCUT2D eigenvalue weighted by Gasteiger charge is -2.38. The van der Waals surface area contributed by atoms with Crippen LogP contribution in [0.4, 0.5) is 22.1 Å². The van der Waals surface area contributed by atoms with E-state index in [0.717, 1.165) is 11.3 Å². The normalized spacial score (nSPS) is 18.1. The number of aromatic nitrogens is 2. The Morgan fingerprint density at radius 3 is 2.33 bits per heavy atom. The second-order valence-electron chi connectivity index (χ2n) is 11.1. The maximum absolute atomic E-state index is 13.6. The maximum atomic E-state index is 13.6. The van der Waals surface area contributed by atoms with Crippen LogP contribution in [-0.2, 0) is 6.42 Å². The van der Waals surface area contributed by atoms with Crippen molar-refractivity contribution in [1.82, 2.24) is 30.8 Å². The second kappa shape index (κ2) is 12.0. The van der Waals surface area contributed by atoms with Gasteiger partial charge >= 0.3 is 11.9 Å². The molecule has 4 amide bonds. The second-order valence-corrected chi connectivity index (χ2v) is 11.5. The number of nitrogens with zero attached hydrogens (tertiary/aromatic N) is 5. The third-order valence-electron chi connectivity index (χ3n) is 8.23. The highest BCUT2D eigenvalue weighted by Crippen LogP contribution is 2.27. The molecule has 14 nitrogen and oxygen atoms in total. The van der Waals surface area contributed by atoms with E-state index in [4.69, 9.17) is 23.1 Å². The quantitative estimate of drug-likeness (QED) is 0.249. The van der Waals surface area contributed by atoms with Crippen LogP contribution in [0, 0.1) is 0 Å². The third kappa shape index (κ3) is 6.09.